The standard InChI is InChI=1S/C16H14Br2O2/c1-19-14-7-5-12(6-8-14)11-20-15-4-2-3-13(9-15)10-16(17)18/h2-10H,11H2,1H3. The first-order valence-corrected chi connectivity index (χ1v) is 7.64. The second-order valence-electron chi connectivity index (χ2n) is 4.14. The number of hydrogen-bond acceptors (Lipinski definition) is 2. The van der Waals surface area contributed by atoms with Crippen LogP contribution in [-0.2, 0) is 6.61 Å². The molecule has 20 heavy (non-hydrogen) atoms. The van der Waals surface area contributed by atoms with Gasteiger partial charge in [0.15, 0.2) is 0 Å². The lowest BCUT2D eigenvalue weighted by Gasteiger charge is -2.08. The van der Waals surface area contributed by atoms with Gasteiger partial charge in [0, 0.05) is 0 Å². The fraction of sp³-hybridized carbons (Fsp3) is 0.125. The van der Waals surface area contributed by atoms with Crippen molar-refractivity contribution in [2.45, 2.75) is 6.61 Å². The van der Waals surface area contributed by atoms with Crippen molar-refractivity contribution in [1.29, 1.82) is 0 Å². The minimum Gasteiger partial charge on any atom is -0.497 e. The fourth-order valence-electron chi connectivity index (χ4n) is 1.71. The highest BCUT2D eigenvalue weighted by Crippen LogP contribution is 2.22. The summed E-state index contributed by atoms with van der Waals surface area (Å²) in [5, 5.41) is 0. The molecule has 4 heteroatoms. The smallest absolute Gasteiger partial charge is 0.120 e. The second kappa shape index (κ2) is 7.50. The van der Waals surface area contributed by atoms with E-state index in [9.17, 15) is 0 Å². The Morgan fingerprint density at radius 1 is 1.05 bits per heavy atom. The molecule has 0 radical (unpaired) electrons. The molecule has 0 spiro atoms. The Morgan fingerprint density at radius 3 is 2.45 bits per heavy atom. The van der Waals surface area contributed by atoms with Crippen molar-refractivity contribution < 1.29 is 9.47 Å². The van der Waals surface area contributed by atoms with E-state index in [1.54, 1.807) is 7.11 Å². The predicted molar refractivity (Wildman–Crippen MR) is 89.6 cm³/mol. The molecule has 2 aromatic rings. The Labute approximate surface area is 135 Å². The van der Waals surface area contributed by atoms with Crippen molar-refractivity contribution in [1.82, 2.24) is 0 Å². The van der Waals surface area contributed by atoms with Crippen molar-refractivity contribution in [3.05, 3.63) is 63.0 Å². The summed E-state index contributed by atoms with van der Waals surface area (Å²) < 4.78 is 11.8. The van der Waals surface area contributed by atoms with E-state index in [1.165, 1.54) is 0 Å². The molecule has 0 amide bonds. The average Bonchev–Trinajstić information content (AvgIpc) is 2.45. The van der Waals surface area contributed by atoms with Crippen LogP contribution in [0.25, 0.3) is 6.08 Å². The van der Waals surface area contributed by atoms with Gasteiger partial charge in [-0.25, -0.2) is 0 Å². The maximum atomic E-state index is 5.79. The highest BCUT2D eigenvalue weighted by molar-refractivity contribution is 9.28. The predicted octanol–water partition coefficient (Wildman–Crippen LogP) is 5.36. The molecule has 0 saturated heterocycles. The van der Waals surface area contributed by atoms with Gasteiger partial charge in [-0.2, -0.15) is 0 Å². The van der Waals surface area contributed by atoms with Gasteiger partial charge < -0.3 is 9.47 Å². The van der Waals surface area contributed by atoms with Gasteiger partial charge in [-0.3, -0.25) is 0 Å². The van der Waals surface area contributed by atoms with Crippen LogP contribution in [0.5, 0.6) is 11.5 Å². The quantitative estimate of drug-likeness (QED) is 0.675. The van der Waals surface area contributed by atoms with Crippen molar-refractivity contribution in [2.75, 3.05) is 7.11 Å². The van der Waals surface area contributed by atoms with Gasteiger partial charge in [0.1, 0.15) is 18.1 Å². The first-order chi connectivity index (χ1) is 9.67. The Balaban J connectivity index is 2.01. The van der Waals surface area contributed by atoms with Gasteiger partial charge in [0.2, 0.25) is 0 Å². The Bertz CT molecular complexity index is 588. The molecule has 2 nitrogen and oxygen atoms in total. The number of halogens is 2. The molecule has 0 aliphatic carbocycles. The molecule has 0 atom stereocenters. The van der Waals surface area contributed by atoms with E-state index in [4.69, 9.17) is 9.47 Å². The summed E-state index contributed by atoms with van der Waals surface area (Å²) in [5.74, 6) is 1.69. The summed E-state index contributed by atoms with van der Waals surface area (Å²) in [4.78, 5) is 0. The van der Waals surface area contributed by atoms with Crippen LogP contribution in [0.3, 0.4) is 0 Å². The van der Waals surface area contributed by atoms with Crippen LogP contribution in [0.15, 0.2) is 51.9 Å². The summed E-state index contributed by atoms with van der Waals surface area (Å²) in [7, 11) is 1.66. The summed E-state index contributed by atoms with van der Waals surface area (Å²) in [5.41, 5.74) is 2.18. The lowest BCUT2D eigenvalue weighted by Crippen LogP contribution is -1.95. The van der Waals surface area contributed by atoms with Crippen molar-refractivity contribution >= 4 is 37.9 Å². The van der Waals surface area contributed by atoms with E-state index < -0.39 is 0 Å². The molecule has 0 aliphatic heterocycles. The van der Waals surface area contributed by atoms with Crippen LogP contribution in [0.1, 0.15) is 11.1 Å². The Morgan fingerprint density at radius 2 is 1.80 bits per heavy atom. The number of methoxy groups -OCH3 is 1. The first kappa shape index (κ1) is 15.1. The molecule has 0 N–H and O–H groups in total. The van der Waals surface area contributed by atoms with Gasteiger partial charge in [0.05, 0.1) is 10.5 Å². The van der Waals surface area contributed by atoms with Crippen molar-refractivity contribution in [2.24, 2.45) is 0 Å². The Kier molecular flexibility index (Phi) is 5.68. The molecule has 0 aliphatic rings. The number of hydrogen-bond donors (Lipinski definition) is 0. The van der Waals surface area contributed by atoms with E-state index in [0.29, 0.717) is 6.61 Å². The molecular weight excluding hydrogens is 384 g/mol. The number of rotatable bonds is 5. The number of ether oxygens (including phenoxy) is 2. The first-order valence-electron chi connectivity index (χ1n) is 6.06. The summed E-state index contributed by atoms with van der Waals surface area (Å²) in [6.45, 7) is 0.534. The molecule has 2 aromatic carbocycles. The zero-order valence-electron chi connectivity index (χ0n) is 11.0. The van der Waals surface area contributed by atoms with Gasteiger partial charge in [0.25, 0.3) is 0 Å². The molecular formula is C16H14Br2O2. The fourth-order valence-corrected chi connectivity index (χ4v) is 2.24. The molecule has 0 bridgehead atoms. The third-order valence-corrected chi connectivity index (χ3v) is 3.16. The zero-order valence-corrected chi connectivity index (χ0v) is 14.1. The topological polar surface area (TPSA) is 18.5 Å². The largest absolute Gasteiger partial charge is 0.497 e. The summed E-state index contributed by atoms with van der Waals surface area (Å²) in [6, 6.07) is 15.8. The summed E-state index contributed by atoms with van der Waals surface area (Å²) >= 11 is 6.70. The van der Waals surface area contributed by atoms with E-state index in [2.05, 4.69) is 31.9 Å². The van der Waals surface area contributed by atoms with Crippen molar-refractivity contribution in [3.8, 4) is 11.5 Å². The van der Waals surface area contributed by atoms with E-state index in [1.807, 2.05) is 54.6 Å². The highest BCUT2D eigenvalue weighted by Gasteiger charge is 1.98. The van der Waals surface area contributed by atoms with Gasteiger partial charge in [-0.05, 0) is 73.3 Å². The zero-order chi connectivity index (χ0) is 14.4. The molecule has 0 heterocycles. The molecule has 0 fully saturated rings. The molecule has 2 rings (SSSR count). The monoisotopic (exact) mass is 396 g/mol. The van der Waals surface area contributed by atoms with Crippen molar-refractivity contribution in [3.63, 3.8) is 0 Å². The molecule has 0 saturated carbocycles. The van der Waals surface area contributed by atoms with E-state index in [0.717, 1.165) is 26.0 Å². The lowest BCUT2D eigenvalue weighted by atomic mass is 10.2. The second-order valence-corrected chi connectivity index (χ2v) is 6.92. The maximum absolute atomic E-state index is 5.79. The van der Waals surface area contributed by atoms with Crippen LogP contribution in [0, 0.1) is 0 Å². The van der Waals surface area contributed by atoms with Gasteiger partial charge >= 0.3 is 0 Å². The molecule has 104 valence electrons. The molecule has 0 aromatic heterocycles. The lowest BCUT2D eigenvalue weighted by molar-refractivity contribution is 0.306. The van der Waals surface area contributed by atoms with Crippen LogP contribution in [0.4, 0.5) is 0 Å². The molecule has 0 unspecified atom stereocenters. The van der Waals surface area contributed by atoms with E-state index >= 15 is 0 Å². The average molecular weight is 398 g/mol. The Hall–Kier alpha value is -1.26. The highest BCUT2D eigenvalue weighted by atomic mass is 79.9. The SMILES string of the molecule is COc1ccc(COc2cccc(C=C(Br)Br)c2)cc1. The minimum atomic E-state index is 0.534. The van der Waals surface area contributed by atoms with Crippen LogP contribution in [-0.4, -0.2) is 7.11 Å². The number of benzene rings is 2. The normalized spacial score (nSPS) is 9.95. The van der Waals surface area contributed by atoms with Crippen LogP contribution >= 0.6 is 31.9 Å². The van der Waals surface area contributed by atoms with E-state index in [-0.39, 0.29) is 0 Å². The van der Waals surface area contributed by atoms with Gasteiger partial charge in [-0.15, -0.1) is 0 Å². The summed E-state index contributed by atoms with van der Waals surface area (Å²) in [6.07, 6.45) is 1.97. The maximum Gasteiger partial charge on any atom is 0.120 e. The van der Waals surface area contributed by atoms with Crippen LogP contribution in [0.2, 0.25) is 0 Å². The van der Waals surface area contributed by atoms with Crippen LogP contribution < -0.4 is 9.47 Å². The van der Waals surface area contributed by atoms with Gasteiger partial charge in [-0.1, -0.05) is 24.3 Å². The minimum absolute atomic E-state index is 0.534. The third-order valence-electron chi connectivity index (χ3n) is 2.70. The third kappa shape index (κ3) is 4.69.